The fourth-order valence-electron chi connectivity index (χ4n) is 2.58. The first-order valence-corrected chi connectivity index (χ1v) is 9.14. The Morgan fingerprint density at radius 2 is 2.12 bits per heavy atom. The number of hydrogen-bond donors (Lipinski definition) is 2. The number of methoxy groups -OCH3 is 1. The number of H-pyrrole nitrogens is 1. The molecule has 0 unspecified atom stereocenters. The predicted octanol–water partition coefficient (Wildman–Crippen LogP) is 1.87. The summed E-state index contributed by atoms with van der Waals surface area (Å²) < 4.78 is 29.2. The van der Waals surface area contributed by atoms with E-state index in [0.717, 1.165) is 32.4 Å². The number of fused-ring (bicyclic) bond motifs is 3. The number of ether oxygens (including phenoxy) is 1. The molecule has 0 aliphatic carbocycles. The number of pyridine rings is 1. The molecule has 0 fully saturated rings. The Kier molecular flexibility index (Phi) is 3.35. The average molecular weight is 358 g/mol. The summed E-state index contributed by atoms with van der Waals surface area (Å²) in [6, 6.07) is 5.57. The van der Waals surface area contributed by atoms with Crippen molar-refractivity contribution in [3.8, 4) is 5.75 Å². The van der Waals surface area contributed by atoms with Gasteiger partial charge in [0.15, 0.2) is 5.82 Å². The Morgan fingerprint density at radius 3 is 2.84 bits per heavy atom. The van der Waals surface area contributed by atoms with E-state index in [9.17, 15) is 8.42 Å². The fourth-order valence-corrected chi connectivity index (χ4v) is 3.10. The highest BCUT2D eigenvalue weighted by Gasteiger charge is 2.14. The summed E-state index contributed by atoms with van der Waals surface area (Å²) in [6.07, 6.45) is 5.66. The van der Waals surface area contributed by atoms with Crippen LogP contribution in [-0.2, 0) is 10.0 Å². The summed E-state index contributed by atoms with van der Waals surface area (Å²) >= 11 is 0. The second-order valence-electron chi connectivity index (χ2n) is 5.48. The Labute approximate surface area is 142 Å². The standard InChI is InChI=1S/C15H14N6O3S/c1-24-10-3-4-13-11(5-10)12-7-16-20-14(12)15(19-13)18-9-6-17-21(8-9)25(2,22)23/h3-8H,1-2H3,(H,16,20)(H,18,19). The maximum Gasteiger partial charge on any atom is 0.250 e. The van der Waals surface area contributed by atoms with E-state index in [1.54, 1.807) is 13.3 Å². The third-order valence-electron chi connectivity index (χ3n) is 3.75. The van der Waals surface area contributed by atoms with Gasteiger partial charge in [-0.1, -0.05) is 0 Å². The number of rotatable bonds is 4. The second kappa shape index (κ2) is 5.45. The number of anilines is 2. The molecule has 0 atom stereocenters. The smallest absolute Gasteiger partial charge is 0.250 e. The van der Waals surface area contributed by atoms with Crippen LogP contribution in [0.4, 0.5) is 11.5 Å². The van der Waals surface area contributed by atoms with Crippen LogP contribution < -0.4 is 10.1 Å². The third-order valence-corrected chi connectivity index (χ3v) is 4.63. The number of hydrogen-bond acceptors (Lipinski definition) is 7. The van der Waals surface area contributed by atoms with E-state index < -0.39 is 10.0 Å². The summed E-state index contributed by atoms with van der Waals surface area (Å²) in [5, 5.41) is 15.8. The molecule has 0 aliphatic heterocycles. The van der Waals surface area contributed by atoms with Gasteiger partial charge in [0.25, 0.3) is 10.0 Å². The van der Waals surface area contributed by atoms with Crippen LogP contribution >= 0.6 is 0 Å². The molecule has 10 heteroatoms. The van der Waals surface area contributed by atoms with Gasteiger partial charge in [-0.2, -0.15) is 14.3 Å². The quantitative estimate of drug-likeness (QED) is 0.572. The molecule has 0 spiro atoms. The summed E-state index contributed by atoms with van der Waals surface area (Å²) in [6.45, 7) is 0. The van der Waals surface area contributed by atoms with E-state index in [2.05, 4.69) is 25.6 Å². The van der Waals surface area contributed by atoms with Crippen LogP contribution in [0.5, 0.6) is 5.75 Å². The second-order valence-corrected chi connectivity index (χ2v) is 7.32. The maximum atomic E-state index is 11.5. The van der Waals surface area contributed by atoms with E-state index in [1.807, 2.05) is 18.2 Å². The average Bonchev–Trinajstić information content (AvgIpc) is 3.23. The van der Waals surface area contributed by atoms with E-state index in [4.69, 9.17) is 4.74 Å². The highest BCUT2D eigenvalue weighted by Crippen LogP contribution is 2.31. The largest absolute Gasteiger partial charge is 0.497 e. The molecule has 0 amide bonds. The van der Waals surface area contributed by atoms with Gasteiger partial charge in [0.2, 0.25) is 0 Å². The van der Waals surface area contributed by atoms with E-state index in [1.165, 1.54) is 12.4 Å². The molecule has 9 nitrogen and oxygen atoms in total. The molecule has 4 aromatic rings. The molecule has 2 N–H and O–H groups in total. The van der Waals surface area contributed by atoms with Crippen molar-refractivity contribution in [3.63, 3.8) is 0 Å². The van der Waals surface area contributed by atoms with Gasteiger partial charge in [-0.05, 0) is 18.2 Å². The van der Waals surface area contributed by atoms with Crippen molar-refractivity contribution in [1.29, 1.82) is 0 Å². The highest BCUT2D eigenvalue weighted by atomic mass is 32.2. The maximum absolute atomic E-state index is 11.5. The van der Waals surface area contributed by atoms with Crippen LogP contribution in [-0.4, -0.2) is 46.2 Å². The molecule has 1 aromatic carbocycles. The molecule has 3 heterocycles. The summed E-state index contributed by atoms with van der Waals surface area (Å²) in [4.78, 5) is 4.58. The predicted molar refractivity (Wildman–Crippen MR) is 93.7 cm³/mol. The number of aromatic amines is 1. The minimum atomic E-state index is -3.44. The third kappa shape index (κ3) is 2.66. The Balaban J connectivity index is 1.84. The molecule has 4 rings (SSSR count). The van der Waals surface area contributed by atoms with Crippen molar-refractivity contribution in [3.05, 3.63) is 36.8 Å². The number of benzene rings is 1. The SMILES string of the molecule is COc1ccc2nc(Nc3cnn(S(C)(=O)=O)c3)c3n[nH]cc3c2c1. The first kappa shape index (κ1) is 15.4. The van der Waals surface area contributed by atoms with Gasteiger partial charge < -0.3 is 10.1 Å². The van der Waals surface area contributed by atoms with Gasteiger partial charge >= 0.3 is 0 Å². The number of nitrogens with zero attached hydrogens (tertiary/aromatic N) is 4. The minimum absolute atomic E-state index is 0.495. The summed E-state index contributed by atoms with van der Waals surface area (Å²) in [5.41, 5.74) is 1.88. The lowest BCUT2D eigenvalue weighted by Gasteiger charge is -2.08. The van der Waals surface area contributed by atoms with Crippen LogP contribution in [0.15, 0.2) is 36.8 Å². The zero-order chi connectivity index (χ0) is 17.6. The van der Waals surface area contributed by atoms with Gasteiger partial charge in [-0.25, -0.2) is 13.4 Å². The van der Waals surface area contributed by atoms with E-state index >= 15 is 0 Å². The molecule has 0 bridgehead atoms. The van der Waals surface area contributed by atoms with Crippen LogP contribution in [0.25, 0.3) is 21.8 Å². The van der Waals surface area contributed by atoms with Gasteiger partial charge in [0.05, 0.1) is 37.0 Å². The molecular formula is C15H14N6O3S. The Bertz CT molecular complexity index is 1190. The van der Waals surface area contributed by atoms with Gasteiger partial charge in [0, 0.05) is 17.0 Å². The zero-order valence-electron chi connectivity index (χ0n) is 13.4. The molecule has 0 aliphatic rings. The first-order valence-electron chi connectivity index (χ1n) is 7.29. The number of aromatic nitrogens is 5. The van der Waals surface area contributed by atoms with Crippen molar-refractivity contribution in [2.75, 3.05) is 18.7 Å². The van der Waals surface area contributed by atoms with Crippen LogP contribution in [0.1, 0.15) is 0 Å². The van der Waals surface area contributed by atoms with Crippen molar-refractivity contribution >= 4 is 43.3 Å². The monoisotopic (exact) mass is 358 g/mol. The Hall–Kier alpha value is -3.14. The molecular weight excluding hydrogens is 344 g/mol. The Morgan fingerprint density at radius 1 is 1.28 bits per heavy atom. The highest BCUT2D eigenvalue weighted by molar-refractivity contribution is 7.89. The van der Waals surface area contributed by atoms with Crippen molar-refractivity contribution in [2.24, 2.45) is 0 Å². The van der Waals surface area contributed by atoms with Crippen molar-refractivity contribution in [1.82, 2.24) is 24.4 Å². The minimum Gasteiger partial charge on any atom is -0.497 e. The van der Waals surface area contributed by atoms with Crippen LogP contribution in [0.3, 0.4) is 0 Å². The molecule has 25 heavy (non-hydrogen) atoms. The normalized spacial score (nSPS) is 11.9. The summed E-state index contributed by atoms with van der Waals surface area (Å²) in [7, 11) is -1.83. The van der Waals surface area contributed by atoms with E-state index in [-0.39, 0.29) is 0 Å². The summed E-state index contributed by atoms with van der Waals surface area (Å²) in [5.74, 6) is 1.23. The van der Waals surface area contributed by atoms with Gasteiger partial charge in [0.1, 0.15) is 11.3 Å². The molecule has 0 radical (unpaired) electrons. The fraction of sp³-hybridized carbons (Fsp3) is 0.133. The first-order chi connectivity index (χ1) is 12.0. The van der Waals surface area contributed by atoms with Crippen molar-refractivity contribution < 1.29 is 13.2 Å². The van der Waals surface area contributed by atoms with Crippen LogP contribution in [0, 0.1) is 0 Å². The molecule has 128 valence electrons. The lowest BCUT2D eigenvalue weighted by atomic mass is 10.1. The molecule has 0 saturated heterocycles. The zero-order valence-corrected chi connectivity index (χ0v) is 14.2. The lowest BCUT2D eigenvalue weighted by molar-refractivity contribution is 0.415. The van der Waals surface area contributed by atoms with E-state index in [0.29, 0.717) is 17.0 Å². The lowest BCUT2D eigenvalue weighted by Crippen LogP contribution is -2.09. The molecule has 3 aromatic heterocycles. The van der Waals surface area contributed by atoms with Gasteiger partial charge in [-0.15, -0.1) is 0 Å². The van der Waals surface area contributed by atoms with Gasteiger partial charge in [-0.3, -0.25) is 5.10 Å². The molecule has 0 saturated carbocycles. The van der Waals surface area contributed by atoms with Crippen molar-refractivity contribution in [2.45, 2.75) is 0 Å². The topological polar surface area (TPSA) is 115 Å². The van der Waals surface area contributed by atoms with Crippen LogP contribution in [0.2, 0.25) is 0 Å². The number of nitrogens with one attached hydrogen (secondary N) is 2.